The van der Waals surface area contributed by atoms with Crippen molar-refractivity contribution in [2.24, 2.45) is 0 Å². The Morgan fingerprint density at radius 1 is 1.00 bits per heavy atom. The normalized spacial score (nSPS) is 18.8. The Hall–Kier alpha value is -3.09. The Morgan fingerprint density at radius 2 is 1.75 bits per heavy atom. The molecule has 1 aromatic heterocycles. The van der Waals surface area contributed by atoms with Gasteiger partial charge in [0.05, 0.1) is 5.70 Å². The van der Waals surface area contributed by atoms with Crippen LogP contribution in [0.1, 0.15) is 34.4 Å². The summed E-state index contributed by atoms with van der Waals surface area (Å²) in [5.41, 5.74) is 6.34. The van der Waals surface area contributed by atoms with Gasteiger partial charge < -0.3 is 10.1 Å². The molecule has 0 saturated heterocycles. The van der Waals surface area contributed by atoms with Gasteiger partial charge in [0.1, 0.15) is 24.2 Å². The summed E-state index contributed by atoms with van der Waals surface area (Å²) < 4.78 is 9.56. The first kappa shape index (κ1) is 19.6. The van der Waals surface area contributed by atoms with E-state index in [1.54, 1.807) is 6.33 Å². The number of hydrogen-bond donors (Lipinski definition) is 1. The topological polar surface area (TPSA) is 52.0 Å². The van der Waals surface area contributed by atoms with E-state index >= 15 is 0 Å². The Morgan fingerprint density at radius 3 is 2.53 bits per heavy atom. The van der Waals surface area contributed by atoms with Crippen LogP contribution in [0.2, 0.25) is 5.02 Å². The van der Waals surface area contributed by atoms with Gasteiger partial charge in [-0.05, 0) is 48.4 Å². The second-order valence-corrected chi connectivity index (χ2v) is 9.34. The molecule has 0 radical (unpaired) electrons. The summed E-state index contributed by atoms with van der Waals surface area (Å²) in [5.74, 6) is 1.47. The van der Waals surface area contributed by atoms with Crippen LogP contribution in [0.5, 0.6) is 5.75 Å². The molecule has 6 rings (SSSR count). The highest BCUT2D eigenvalue weighted by Crippen LogP contribution is 2.51. The summed E-state index contributed by atoms with van der Waals surface area (Å²) in [7, 11) is 0. The van der Waals surface area contributed by atoms with Crippen molar-refractivity contribution in [3.63, 3.8) is 0 Å². The minimum absolute atomic E-state index is 0.185. The highest BCUT2D eigenvalue weighted by Gasteiger charge is 2.40. The van der Waals surface area contributed by atoms with Gasteiger partial charge in [-0.15, -0.1) is 0 Å². The van der Waals surface area contributed by atoms with E-state index in [-0.39, 0.29) is 12.1 Å². The fourth-order valence-corrected chi connectivity index (χ4v) is 4.86. The smallest absolute Gasteiger partial charge is 0.226 e. The van der Waals surface area contributed by atoms with Gasteiger partial charge >= 0.3 is 0 Å². The summed E-state index contributed by atoms with van der Waals surface area (Å²) in [6.07, 6.45) is 1.28. The molecule has 0 bridgehead atoms. The Balaban J connectivity index is 1.63. The molecule has 7 heteroatoms. The van der Waals surface area contributed by atoms with Crippen LogP contribution >= 0.6 is 27.5 Å². The van der Waals surface area contributed by atoms with Gasteiger partial charge in [0.2, 0.25) is 5.95 Å². The molecule has 5 nitrogen and oxygen atoms in total. The largest absolute Gasteiger partial charge is 0.480 e. The van der Waals surface area contributed by atoms with Crippen LogP contribution in [0.15, 0.2) is 83.1 Å². The second kappa shape index (κ2) is 7.50. The Labute approximate surface area is 198 Å². The number of halogens is 2. The monoisotopic (exact) mass is 504 g/mol. The predicted octanol–water partition coefficient (Wildman–Crippen LogP) is 6.56. The number of aromatic nitrogens is 3. The molecule has 4 aromatic rings. The second-order valence-electron chi connectivity index (χ2n) is 7.99. The molecule has 0 fully saturated rings. The van der Waals surface area contributed by atoms with Crippen LogP contribution < -0.4 is 10.1 Å². The predicted molar refractivity (Wildman–Crippen MR) is 129 cm³/mol. The molecule has 1 N–H and O–H groups in total. The molecule has 3 aromatic carbocycles. The van der Waals surface area contributed by atoms with E-state index < -0.39 is 0 Å². The molecule has 0 aliphatic carbocycles. The summed E-state index contributed by atoms with van der Waals surface area (Å²) in [6.45, 7) is 2.09. The number of rotatable bonds is 2. The number of nitrogens with one attached hydrogen (secondary N) is 1. The molecule has 32 heavy (non-hydrogen) atoms. The van der Waals surface area contributed by atoms with E-state index in [4.69, 9.17) is 16.3 Å². The number of nitrogens with zero attached hydrogens (tertiary/aromatic N) is 3. The first-order valence-electron chi connectivity index (χ1n) is 10.3. The van der Waals surface area contributed by atoms with Crippen molar-refractivity contribution in [2.75, 3.05) is 5.32 Å². The van der Waals surface area contributed by atoms with E-state index in [2.05, 4.69) is 74.7 Å². The van der Waals surface area contributed by atoms with Crippen molar-refractivity contribution in [3.05, 3.63) is 110 Å². The molecule has 0 amide bonds. The van der Waals surface area contributed by atoms with Crippen LogP contribution in [-0.2, 0) is 0 Å². The van der Waals surface area contributed by atoms with Crippen LogP contribution in [-0.4, -0.2) is 14.8 Å². The van der Waals surface area contributed by atoms with Gasteiger partial charge in [-0.25, -0.2) is 4.68 Å². The van der Waals surface area contributed by atoms with Gasteiger partial charge in [0.15, 0.2) is 0 Å². The Bertz CT molecular complexity index is 1360. The van der Waals surface area contributed by atoms with Gasteiger partial charge in [-0.2, -0.15) is 10.1 Å². The maximum Gasteiger partial charge on any atom is 0.226 e. The lowest BCUT2D eigenvalue weighted by Gasteiger charge is -2.39. The number of aryl methyl sites for hydroxylation is 1. The zero-order chi connectivity index (χ0) is 21.8. The molecule has 3 heterocycles. The maximum atomic E-state index is 6.62. The van der Waals surface area contributed by atoms with Crippen LogP contribution in [0.4, 0.5) is 5.95 Å². The molecule has 2 atom stereocenters. The maximum absolute atomic E-state index is 6.62. The number of hydrogen-bond acceptors (Lipinski definition) is 4. The van der Waals surface area contributed by atoms with Gasteiger partial charge in [-0.3, -0.25) is 0 Å². The molecular formula is C25H18BrClN4O. The minimum Gasteiger partial charge on any atom is -0.480 e. The van der Waals surface area contributed by atoms with E-state index in [1.165, 1.54) is 5.56 Å². The van der Waals surface area contributed by atoms with Gasteiger partial charge in [0.25, 0.3) is 0 Å². The van der Waals surface area contributed by atoms with Crippen molar-refractivity contribution in [3.8, 4) is 5.75 Å². The molecule has 2 aliphatic heterocycles. The fraction of sp³-hybridized carbons (Fsp3) is 0.120. The quantitative estimate of drug-likeness (QED) is 0.335. The molecule has 0 spiro atoms. The average molecular weight is 506 g/mol. The molecule has 2 aliphatic rings. The molecule has 2 unspecified atom stereocenters. The number of benzene rings is 3. The van der Waals surface area contributed by atoms with Crippen LogP contribution in [0.3, 0.4) is 0 Å². The van der Waals surface area contributed by atoms with Gasteiger partial charge in [-0.1, -0.05) is 69.5 Å². The standard InChI is InChI=1S/C25H18BrClN4O/c1-14-2-4-16(5-3-14)24-21-22(19-12-18(27)10-11-20(19)32-24)30-25-28-13-29-31(25)23(21)15-6-8-17(26)9-7-15/h2-13,23-24H,1H3,(H,28,29,30). The number of anilines is 1. The van der Waals surface area contributed by atoms with Crippen molar-refractivity contribution in [1.29, 1.82) is 0 Å². The lowest BCUT2D eigenvalue weighted by Crippen LogP contribution is -2.32. The summed E-state index contributed by atoms with van der Waals surface area (Å²) >= 11 is 9.93. The van der Waals surface area contributed by atoms with Crippen molar-refractivity contribution >= 4 is 39.2 Å². The number of ether oxygens (including phenoxy) is 1. The van der Waals surface area contributed by atoms with E-state index in [9.17, 15) is 0 Å². The van der Waals surface area contributed by atoms with Crippen molar-refractivity contribution in [2.45, 2.75) is 19.1 Å². The first-order valence-corrected chi connectivity index (χ1v) is 11.4. The lowest BCUT2D eigenvalue weighted by atomic mass is 9.84. The molecular weight excluding hydrogens is 488 g/mol. The molecule has 0 saturated carbocycles. The highest BCUT2D eigenvalue weighted by molar-refractivity contribution is 9.10. The summed E-state index contributed by atoms with van der Waals surface area (Å²) in [4.78, 5) is 4.47. The third-order valence-electron chi connectivity index (χ3n) is 5.94. The summed E-state index contributed by atoms with van der Waals surface area (Å²) in [5, 5.41) is 8.72. The number of fused-ring (bicyclic) bond motifs is 3. The van der Waals surface area contributed by atoms with Crippen LogP contribution in [0, 0.1) is 6.92 Å². The lowest BCUT2D eigenvalue weighted by molar-refractivity contribution is 0.223. The third-order valence-corrected chi connectivity index (χ3v) is 6.71. The SMILES string of the molecule is Cc1ccc(C2Oc3ccc(Cl)cc3C3=C2C(c2ccc(Br)cc2)n2ncnc2N3)cc1. The Kier molecular flexibility index (Phi) is 4.59. The zero-order valence-electron chi connectivity index (χ0n) is 17.1. The van der Waals surface area contributed by atoms with E-state index in [0.717, 1.165) is 38.2 Å². The minimum atomic E-state index is -0.294. The van der Waals surface area contributed by atoms with Crippen LogP contribution in [0.25, 0.3) is 5.70 Å². The fourth-order valence-electron chi connectivity index (χ4n) is 4.42. The van der Waals surface area contributed by atoms with Crippen molar-refractivity contribution < 1.29 is 4.74 Å². The van der Waals surface area contributed by atoms with Crippen molar-refractivity contribution in [1.82, 2.24) is 14.8 Å². The summed E-state index contributed by atoms with van der Waals surface area (Å²) in [6, 6.07) is 22.3. The average Bonchev–Trinajstić information content (AvgIpc) is 3.27. The first-order chi connectivity index (χ1) is 15.6. The van der Waals surface area contributed by atoms with E-state index in [0.29, 0.717) is 11.0 Å². The molecule has 158 valence electrons. The van der Waals surface area contributed by atoms with Gasteiger partial charge in [0, 0.05) is 20.6 Å². The zero-order valence-corrected chi connectivity index (χ0v) is 19.4. The van der Waals surface area contributed by atoms with E-state index in [1.807, 2.05) is 35.0 Å². The third kappa shape index (κ3) is 3.14. The highest BCUT2D eigenvalue weighted by atomic mass is 79.9.